The zero-order valence-corrected chi connectivity index (χ0v) is 38.8. The van der Waals surface area contributed by atoms with E-state index in [0.717, 1.165) is 17.1 Å². The maximum atomic E-state index is 2.53. The average molecular weight is 868 g/mol. The summed E-state index contributed by atoms with van der Waals surface area (Å²) < 4.78 is 0. The maximum Gasteiger partial charge on any atom is 0.0725 e. The number of anilines is 3. The van der Waals surface area contributed by atoms with Crippen LogP contribution in [0.2, 0.25) is 0 Å². The van der Waals surface area contributed by atoms with Crippen LogP contribution < -0.4 is 4.90 Å². The molecule has 1 heteroatoms. The van der Waals surface area contributed by atoms with Crippen LogP contribution in [0.25, 0.3) is 66.8 Å². The van der Waals surface area contributed by atoms with Crippen molar-refractivity contribution >= 4 is 17.1 Å². The molecule has 0 aromatic heterocycles. The van der Waals surface area contributed by atoms with E-state index in [4.69, 9.17) is 0 Å². The minimum Gasteiger partial charge on any atom is -0.310 e. The molecule has 0 unspecified atom stereocenters. The lowest BCUT2D eigenvalue weighted by Crippen LogP contribution is -2.25. The number of rotatable bonds is 5. The Kier molecular flexibility index (Phi) is 8.08. The summed E-state index contributed by atoms with van der Waals surface area (Å²) in [7, 11) is 0. The smallest absolute Gasteiger partial charge is 0.0725 e. The number of nitrogens with zero attached hydrogens (tertiary/aromatic N) is 1. The van der Waals surface area contributed by atoms with Crippen LogP contribution in [0.5, 0.6) is 0 Å². The van der Waals surface area contributed by atoms with Crippen LogP contribution in [0, 0.1) is 0 Å². The second-order valence-electron chi connectivity index (χ2n) is 20.4. The Morgan fingerprint density at radius 2 is 0.618 bits per heavy atom. The van der Waals surface area contributed by atoms with Crippen molar-refractivity contribution < 1.29 is 0 Å². The topological polar surface area (TPSA) is 3.24 Å². The molecule has 4 aliphatic carbocycles. The summed E-state index contributed by atoms with van der Waals surface area (Å²) in [5.41, 5.74) is 29.0. The van der Waals surface area contributed by atoms with Crippen LogP contribution in [0.3, 0.4) is 0 Å². The first-order valence-corrected chi connectivity index (χ1v) is 24.2. The molecule has 0 saturated carbocycles. The number of hydrogen-bond acceptors (Lipinski definition) is 1. The Morgan fingerprint density at radius 3 is 1.12 bits per heavy atom. The summed E-state index contributed by atoms with van der Waals surface area (Å²) >= 11 is 0. The van der Waals surface area contributed by atoms with E-state index in [1.807, 2.05) is 0 Å². The monoisotopic (exact) mass is 867 g/mol. The van der Waals surface area contributed by atoms with Crippen molar-refractivity contribution in [1.82, 2.24) is 0 Å². The highest BCUT2D eigenvalue weighted by atomic mass is 15.1. The Morgan fingerprint density at radius 1 is 0.250 bits per heavy atom. The first-order valence-electron chi connectivity index (χ1n) is 24.2. The summed E-state index contributed by atoms with van der Waals surface area (Å²) in [5.74, 6) is 0. The standard InChI is InChI=1S/C67H49N/c1-65(2)56-25-13-8-20-47(56)52-35-32-45(40-61(52)65)68(46-33-36-53-48-21-9-14-26-57(48)66(3,4)62(53)41-46)64-37-31-43(38-55(64)42-18-6-5-7-19-42)44-30-34-54-51-24-12-17-29-60(51)67(63(54)39-44)58-27-15-10-22-49(58)50-23-11-16-28-59(50)67/h5-41H,1-4H3. The number of benzene rings is 10. The molecule has 10 aromatic rings. The lowest BCUT2D eigenvalue weighted by molar-refractivity contribution is 0.660. The largest absolute Gasteiger partial charge is 0.310 e. The van der Waals surface area contributed by atoms with Crippen LogP contribution in [0.4, 0.5) is 17.1 Å². The Balaban J connectivity index is 0.987. The van der Waals surface area contributed by atoms with Crippen molar-refractivity contribution in [3.8, 4) is 66.8 Å². The van der Waals surface area contributed by atoms with Gasteiger partial charge in [0.25, 0.3) is 0 Å². The molecule has 68 heavy (non-hydrogen) atoms. The summed E-state index contributed by atoms with van der Waals surface area (Å²) in [6.07, 6.45) is 0. The van der Waals surface area contributed by atoms with Crippen molar-refractivity contribution in [2.75, 3.05) is 4.90 Å². The van der Waals surface area contributed by atoms with E-state index in [1.165, 1.54) is 111 Å². The van der Waals surface area contributed by atoms with Gasteiger partial charge in [-0.1, -0.05) is 210 Å². The molecule has 0 radical (unpaired) electrons. The summed E-state index contributed by atoms with van der Waals surface area (Å²) in [6.45, 7) is 9.53. The fourth-order valence-corrected chi connectivity index (χ4v) is 13.1. The first-order chi connectivity index (χ1) is 33.2. The van der Waals surface area contributed by atoms with Crippen molar-refractivity contribution in [2.24, 2.45) is 0 Å². The molecule has 0 aliphatic heterocycles. The Hall–Kier alpha value is -8.00. The van der Waals surface area contributed by atoms with Gasteiger partial charge < -0.3 is 4.90 Å². The molecular weight excluding hydrogens is 819 g/mol. The van der Waals surface area contributed by atoms with Gasteiger partial charge in [-0.25, -0.2) is 0 Å². The molecule has 0 saturated heterocycles. The highest BCUT2D eigenvalue weighted by Crippen LogP contribution is 2.63. The predicted octanol–water partition coefficient (Wildman–Crippen LogP) is 17.4. The van der Waals surface area contributed by atoms with Gasteiger partial charge in [-0.05, 0) is 148 Å². The maximum absolute atomic E-state index is 2.53. The Bertz CT molecular complexity index is 3580. The third-order valence-electron chi connectivity index (χ3n) is 16.3. The van der Waals surface area contributed by atoms with Crippen molar-refractivity contribution in [2.45, 2.75) is 43.9 Å². The second kappa shape index (κ2) is 14.0. The fourth-order valence-electron chi connectivity index (χ4n) is 13.1. The highest BCUT2D eigenvalue weighted by molar-refractivity contribution is 5.98. The van der Waals surface area contributed by atoms with Gasteiger partial charge in [-0.15, -0.1) is 0 Å². The van der Waals surface area contributed by atoms with Gasteiger partial charge in [-0.2, -0.15) is 0 Å². The highest BCUT2D eigenvalue weighted by Gasteiger charge is 2.51. The van der Waals surface area contributed by atoms with E-state index in [0.29, 0.717) is 0 Å². The third-order valence-corrected chi connectivity index (χ3v) is 16.3. The fraction of sp³-hybridized carbons (Fsp3) is 0.104. The van der Waals surface area contributed by atoms with E-state index in [2.05, 4.69) is 257 Å². The van der Waals surface area contributed by atoms with Gasteiger partial charge >= 0.3 is 0 Å². The molecule has 1 spiro atoms. The lowest BCUT2D eigenvalue weighted by atomic mass is 9.70. The minimum absolute atomic E-state index is 0.147. The molecule has 0 fully saturated rings. The average Bonchev–Trinajstić information content (AvgIpc) is 4.02. The van der Waals surface area contributed by atoms with Gasteiger partial charge in [0.15, 0.2) is 0 Å². The van der Waals surface area contributed by atoms with Crippen LogP contribution in [-0.4, -0.2) is 0 Å². The van der Waals surface area contributed by atoms with Crippen LogP contribution in [-0.2, 0) is 16.2 Å². The summed E-state index contributed by atoms with van der Waals surface area (Å²) in [6, 6.07) is 85.0. The molecule has 4 aliphatic rings. The minimum atomic E-state index is -0.407. The van der Waals surface area contributed by atoms with Crippen molar-refractivity contribution in [1.29, 1.82) is 0 Å². The molecule has 0 N–H and O–H groups in total. The van der Waals surface area contributed by atoms with E-state index in [1.54, 1.807) is 0 Å². The van der Waals surface area contributed by atoms with Gasteiger partial charge in [0.1, 0.15) is 0 Å². The molecule has 0 amide bonds. The van der Waals surface area contributed by atoms with Crippen LogP contribution in [0.1, 0.15) is 72.2 Å². The number of fused-ring (bicyclic) bond motifs is 16. The van der Waals surface area contributed by atoms with E-state index >= 15 is 0 Å². The van der Waals surface area contributed by atoms with Gasteiger partial charge in [0.05, 0.1) is 11.1 Å². The van der Waals surface area contributed by atoms with Gasteiger partial charge in [0, 0.05) is 27.8 Å². The normalized spacial score (nSPS) is 15.1. The zero-order chi connectivity index (χ0) is 45.5. The summed E-state index contributed by atoms with van der Waals surface area (Å²) in [5, 5.41) is 0. The lowest BCUT2D eigenvalue weighted by Gasteiger charge is -2.32. The quantitative estimate of drug-likeness (QED) is 0.167. The first kappa shape index (κ1) is 39.2. The summed E-state index contributed by atoms with van der Waals surface area (Å²) in [4.78, 5) is 2.53. The number of hydrogen-bond donors (Lipinski definition) is 0. The second-order valence-corrected chi connectivity index (χ2v) is 20.4. The van der Waals surface area contributed by atoms with Crippen LogP contribution >= 0.6 is 0 Å². The van der Waals surface area contributed by atoms with E-state index in [9.17, 15) is 0 Å². The van der Waals surface area contributed by atoms with Crippen molar-refractivity contribution in [3.63, 3.8) is 0 Å². The molecule has 14 rings (SSSR count). The van der Waals surface area contributed by atoms with Crippen molar-refractivity contribution in [3.05, 3.63) is 269 Å². The molecule has 1 nitrogen and oxygen atoms in total. The van der Waals surface area contributed by atoms with Gasteiger partial charge in [0.2, 0.25) is 0 Å². The predicted molar refractivity (Wildman–Crippen MR) is 283 cm³/mol. The third kappa shape index (κ3) is 5.17. The zero-order valence-electron chi connectivity index (χ0n) is 38.8. The van der Waals surface area contributed by atoms with E-state index < -0.39 is 5.41 Å². The molecular formula is C67H49N. The van der Waals surface area contributed by atoms with Gasteiger partial charge in [-0.3, -0.25) is 0 Å². The molecule has 322 valence electrons. The Labute approximate surface area is 399 Å². The molecule has 0 atom stereocenters. The van der Waals surface area contributed by atoms with Crippen LogP contribution in [0.15, 0.2) is 224 Å². The SMILES string of the molecule is CC1(C)c2ccccc2-c2ccc(N(c3ccc4c(c3)C(C)(C)c3ccccc3-4)c3ccc(-c4ccc5c(c4)C4(c6ccccc6-c6ccccc64)c4ccccc4-5)cc3-c3ccccc3)cc21. The molecule has 0 heterocycles. The molecule has 0 bridgehead atoms. The van der Waals surface area contributed by atoms with E-state index in [-0.39, 0.29) is 10.8 Å². The molecule has 10 aromatic carbocycles.